The van der Waals surface area contributed by atoms with Gasteiger partial charge in [-0.05, 0) is 12.1 Å². The number of nitrogens with zero attached hydrogens (tertiary/aromatic N) is 1. The second kappa shape index (κ2) is 7.17. The minimum absolute atomic E-state index is 0.0868. The van der Waals surface area contributed by atoms with Gasteiger partial charge in [-0.15, -0.1) is 0 Å². The van der Waals surface area contributed by atoms with Crippen LogP contribution < -0.4 is 5.32 Å². The van der Waals surface area contributed by atoms with E-state index >= 15 is 0 Å². The highest BCUT2D eigenvalue weighted by Crippen LogP contribution is 2.39. The van der Waals surface area contributed by atoms with Crippen LogP contribution in [0.2, 0.25) is 0 Å². The lowest BCUT2D eigenvalue weighted by Gasteiger charge is -2.04. The van der Waals surface area contributed by atoms with E-state index in [0.717, 1.165) is 12.1 Å². The number of methoxy groups -OCH3 is 1. The average molecular weight is 422 g/mol. The van der Waals surface area contributed by atoms with Gasteiger partial charge in [0.05, 0.1) is 29.5 Å². The number of aromatic nitrogens is 1. The molecule has 0 saturated heterocycles. The maximum atomic E-state index is 14.1. The number of para-hydroxylation sites is 1. The second-order valence-electron chi connectivity index (χ2n) is 7.19. The Hall–Kier alpha value is -3.78. The SMILES string of the molecule is COCCn1cc(C2=C(c3coc4ccccc34)C(=O)NC2=O)c2cc(F)c(F)cc21. The molecule has 1 aliphatic rings. The summed E-state index contributed by atoms with van der Waals surface area (Å²) >= 11 is 0. The molecule has 0 fully saturated rings. The van der Waals surface area contributed by atoms with Crippen LogP contribution in [-0.2, 0) is 20.9 Å². The van der Waals surface area contributed by atoms with Gasteiger partial charge in [0, 0.05) is 47.8 Å². The summed E-state index contributed by atoms with van der Waals surface area (Å²) in [6, 6.07) is 9.24. The molecular weight excluding hydrogens is 406 g/mol. The lowest BCUT2D eigenvalue weighted by atomic mass is 9.95. The van der Waals surface area contributed by atoms with Crippen LogP contribution in [0.5, 0.6) is 0 Å². The van der Waals surface area contributed by atoms with E-state index in [9.17, 15) is 18.4 Å². The molecule has 0 bridgehead atoms. The van der Waals surface area contributed by atoms with Crippen molar-refractivity contribution < 1.29 is 27.5 Å². The van der Waals surface area contributed by atoms with Gasteiger partial charge in [-0.3, -0.25) is 14.9 Å². The largest absolute Gasteiger partial charge is 0.464 e. The molecule has 8 heteroatoms. The molecule has 2 aromatic heterocycles. The van der Waals surface area contributed by atoms with Gasteiger partial charge in [0.25, 0.3) is 11.8 Å². The molecule has 6 nitrogen and oxygen atoms in total. The van der Waals surface area contributed by atoms with Crippen LogP contribution in [0.3, 0.4) is 0 Å². The van der Waals surface area contributed by atoms with E-state index < -0.39 is 23.4 Å². The highest BCUT2D eigenvalue weighted by atomic mass is 19.2. The van der Waals surface area contributed by atoms with Gasteiger partial charge in [-0.1, -0.05) is 18.2 Å². The molecule has 1 aliphatic heterocycles. The van der Waals surface area contributed by atoms with Crippen LogP contribution in [0.25, 0.3) is 33.0 Å². The maximum Gasteiger partial charge on any atom is 0.259 e. The number of halogens is 2. The minimum Gasteiger partial charge on any atom is -0.464 e. The zero-order valence-corrected chi connectivity index (χ0v) is 16.4. The highest BCUT2D eigenvalue weighted by molar-refractivity contribution is 6.50. The molecule has 31 heavy (non-hydrogen) atoms. The van der Waals surface area contributed by atoms with Crippen LogP contribution in [-0.4, -0.2) is 30.1 Å². The monoisotopic (exact) mass is 422 g/mol. The smallest absolute Gasteiger partial charge is 0.259 e. The van der Waals surface area contributed by atoms with Crippen molar-refractivity contribution in [3.8, 4) is 0 Å². The van der Waals surface area contributed by atoms with E-state index in [1.165, 1.54) is 13.4 Å². The molecule has 1 N–H and O–H groups in total. The zero-order valence-electron chi connectivity index (χ0n) is 16.4. The summed E-state index contributed by atoms with van der Waals surface area (Å²) in [5.74, 6) is -3.23. The summed E-state index contributed by atoms with van der Waals surface area (Å²) in [4.78, 5) is 25.6. The predicted octanol–water partition coefficient (Wildman–Crippen LogP) is 3.88. The fourth-order valence-electron chi connectivity index (χ4n) is 4.00. The van der Waals surface area contributed by atoms with Gasteiger partial charge >= 0.3 is 0 Å². The number of rotatable bonds is 5. The third-order valence-electron chi connectivity index (χ3n) is 5.41. The first-order valence-electron chi connectivity index (χ1n) is 9.53. The third kappa shape index (κ3) is 2.95. The Balaban J connectivity index is 1.82. The number of benzene rings is 2. The molecule has 0 saturated carbocycles. The molecule has 3 heterocycles. The summed E-state index contributed by atoms with van der Waals surface area (Å²) in [5.41, 5.74) is 1.95. The van der Waals surface area contributed by atoms with Crippen LogP contribution >= 0.6 is 0 Å². The van der Waals surface area contributed by atoms with E-state index in [1.54, 1.807) is 35.0 Å². The Labute approximate surface area is 174 Å². The normalized spacial score (nSPS) is 14.3. The summed E-state index contributed by atoms with van der Waals surface area (Å²) in [6.07, 6.45) is 3.03. The fourth-order valence-corrected chi connectivity index (χ4v) is 4.00. The van der Waals surface area contributed by atoms with Gasteiger partial charge in [0.1, 0.15) is 5.58 Å². The number of imide groups is 1. The van der Waals surface area contributed by atoms with Crippen molar-refractivity contribution in [1.82, 2.24) is 9.88 Å². The first kappa shape index (κ1) is 19.2. The number of ether oxygens (including phenoxy) is 1. The van der Waals surface area contributed by atoms with Gasteiger partial charge in [0.2, 0.25) is 0 Å². The lowest BCUT2D eigenvalue weighted by Crippen LogP contribution is -2.22. The molecule has 2 amide bonds. The summed E-state index contributed by atoms with van der Waals surface area (Å²) in [6.45, 7) is 0.677. The molecule has 5 rings (SSSR count). The molecule has 0 aliphatic carbocycles. The van der Waals surface area contributed by atoms with Gasteiger partial charge < -0.3 is 13.7 Å². The van der Waals surface area contributed by atoms with Gasteiger partial charge in [-0.2, -0.15) is 0 Å². The summed E-state index contributed by atoms with van der Waals surface area (Å²) in [7, 11) is 1.53. The molecule has 0 spiro atoms. The van der Waals surface area contributed by atoms with E-state index in [1.807, 2.05) is 0 Å². The maximum absolute atomic E-state index is 14.1. The van der Waals surface area contributed by atoms with Crippen molar-refractivity contribution in [1.29, 1.82) is 0 Å². The average Bonchev–Trinajstić information content (AvgIpc) is 3.40. The van der Waals surface area contributed by atoms with Crippen molar-refractivity contribution in [3.63, 3.8) is 0 Å². The number of carbonyl (C=O) groups is 2. The summed E-state index contributed by atoms with van der Waals surface area (Å²) in [5, 5.41) is 3.30. The number of hydrogen-bond acceptors (Lipinski definition) is 4. The number of hydrogen-bond donors (Lipinski definition) is 1. The van der Waals surface area contributed by atoms with Crippen molar-refractivity contribution in [2.75, 3.05) is 13.7 Å². The zero-order chi connectivity index (χ0) is 21.7. The Bertz CT molecular complexity index is 1410. The number of amides is 2. The Morgan fingerprint density at radius 3 is 2.48 bits per heavy atom. The first-order valence-corrected chi connectivity index (χ1v) is 9.53. The van der Waals surface area contributed by atoms with E-state index in [2.05, 4.69) is 5.32 Å². The van der Waals surface area contributed by atoms with E-state index in [0.29, 0.717) is 46.2 Å². The van der Waals surface area contributed by atoms with Crippen molar-refractivity contribution in [2.24, 2.45) is 0 Å². The number of fused-ring (bicyclic) bond motifs is 2. The number of carbonyl (C=O) groups excluding carboxylic acids is 2. The summed E-state index contributed by atoms with van der Waals surface area (Å²) < 4.78 is 40.4. The van der Waals surface area contributed by atoms with Gasteiger partial charge in [0.15, 0.2) is 11.6 Å². The molecule has 0 unspecified atom stereocenters. The Kier molecular flexibility index (Phi) is 4.44. The topological polar surface area (TPSA) is 73.5 Å². The van der Waals surface area contributed by atoms with Gasteiger partial charge in [-0.25, -0.2) is 8.78 Å². The standard InChI is InChI=1S/C23H16F2N2O4/c1-30-7-6-27-10-14(13-8-16(24)17(25)9-18(13)27)20-21(23(29)26-22(20)28)15-11-31-19-5-3-2-4-12(15)19/h2-5,8-11H,6-7H2,1H3,(H,26,28,29). The van der Waals surface area contributed by atoms with Crippen LogP contribution in [0, 0.1) is 11.6 Å². The van der Waals surface area contributed by atoms with Crippen LogP contribution in [0.4, 0.5) is 8.78 Å². The minimum atomic E-state index is -1.04. The molecule has 2 aromatic carbocycles. The predicted molar refractivity (Wildman–Crippen MR) is 110 cm³/mol. The number of nitrogens with one attached hydrogen (secondary N) is 1. The van der Waals surface area contributed by atoms with Crippen molar-refractivity contribution in [2.45, 2.75) is 6.54 Å². The molecule has 156 valence electrons. The van der Waals surface area contributed by atoms with Crippen LogP contribution in [0.1, 0.15) is 11.1 Å². The Morgan fingerprint density at radius 1 is 1.00 bits per heavy atom. The number of furan rings is 1. The lowest BCUT2D eigenvalue weighted by molar-refractivity contribution is -0.122. The van der Waals surface area contributed by atoms with Crippen LogP contribution in [0.15, 0.2) is 53.3 Å². The van der Waals surface area contributed by atoms with E-state index in [-0.39, 0.29) is 11.1 Å². The first-order chi connectivity index (χ1) is 15.0. The quantitative estimate of drug-likeness (QED) is 0.496. The molecule has 4 aromatic rings. The second-order valence-corrected chi connectivity index (χ2v) is 7.19. The molecule has 0 radical (unpaired) electrons. The van der Waals surface area contributed by atoms with Crippen molar-refractivity contribution in [3.05, 3.63) is 71.6 Å². The molecular formula is C23H16F2N2O4. The fraction of sp³-hybridized carbons (Fsp3) is 0.130. The highest BCUT2D eigenvalue weighted by Gasteiger charge is 2.35. The van der Waals surface area contributed by atoms with Crippen molar-refractivity contribution >= 4 is 44.8 Å². The third-order valence-corrected chi connectivity index (χ3v) is 5.41. The van der Waals surface area contributed by atoms with E-state index in [4.69, 9.17) is 9.15 Å². The Morgan fingerprint density at radius 2 is 1.71 bits per heavy atom. The molecule has 0 atom stereocenters.